The van der Waals surface area contributed by atoms with Gasteiger partial charge in [-0.2, -0.15) is 0 Å². The standard InChI is InChI=1S/C6H7BClNO2/c1-4-2-3-5(8)6(9-4)7(10)11/h2-3,10-11H,1H3. The van der Waals surface area contributed by atoms with Gasteiger partial charge >= 0.3 is 7.12 Å². The predicted molar refractivity (Wildman–Crippen MR) is 43.8 cm³/mol. The first-order valence-electron chi connectivity index (χ1n) is 3.10. The van der Waals surface area contributed by atoms with Crippen LogP contribution in [0.5, 0.6) is 0 Å². The van der Waals surface area contributed by atoms with Gasteiger partial charge in [-0.25, -0.2) is 0 Å². The van der Waals surface area contributed by atoms with Crippen molar-refractivity contribution >= 4 is 24.3 Å². The highest BCUT2D eigenvalue weighted by Crippen LogP contribution is 2.03. The minimum absolute atomic E-state index is 0.103. The molecule has 0 saturated carbocycles. The van der Waals surface area contributed by atoms with Crippen LogP contribution in [0.25, 0.3) is 0 Å². The van der Waals surface area contributed by atoms with Crippen LogP contribution in [0.1, 0.15) is 5.69 Å². The van der Waals surface area contributed by atoms with E-state index >= 15 is 0 Å². The SMILES string of the molecule is Cc1ccc(Cl)c(B(O)O)n1. The van der Waals surface area contributed by atoms with Crippen molar-refractivity contribution in [2.45, 2.75) is 6.92 Å². The van der Waals surface area contributed by atoms with E-state index in [1.165, 1.54) is 0 Å². The smallest absolute Gasteiger partial charge is 0.422 e. The van der Waals surface area contributed by atoms with E-state index in [1.54, 1.807) is 19.1 Å². The van der Waals surface area contributed by atoms with E-state index < -0.39 is 7.12 Å². The van der Waals surface area contributed by atoms with Crippen LogP contribution >= 0.6 is 11.6 Å². The maximum absolute atomic E-state index is 8.74. The Morgan fingerprint density at radius 2 is 2.09 bits per heavy atom. The third-order valence-electron chi connectivity index (χ3n) is 1.26. The molecule has 2 N–H and O–H groups in total. The fourth-order valence-corrected chi connectivity index (χ4v) is 0.944. The highest BCUT2D eigenvalue weighted by atomic mass is 35.5. The first-order valence-corrected chi connectivity index (χ1v) is 3.48. The van der Waals surface area contributed by atoms with E-state index in [0.717, 1.165) is 0 Å². The fraction of sp³-hybridized carbons (Fsp3) is 0.167. The van der Waals surface area contributed by atoms with Crippen molar-refractivity contribution in [1.82, 2.24) is 4.98 Å². The maximum Gasteiger partial charge on any atom is 0.509 e. The third-order valence-corrected chi connectivity index (χ3v) is 1.58. The summed E-state index contributed by atoms with van der Waals surface area (Å²) in [5, 5.41) is 17.7. The molecule has 0 saturated heterocycles. The summed E-state index contributed by atoms with van der Waals surface area (Å²) in [6.07, 6.45) is 0. The molecular formula is C6H7BClNO2. The molecule has 0 spiro atoms. The van der Waals surface area contributed by atoms with Crippen LogP contribution in [0.15, 0.2) is 12.1 Å². The molecule has 0 bridgehead atoms. The maximum atomic E-state index is 8.74. The molecular weight excluding hydrogens is 164 g/mol. The summed E-state index contributed by atoms with van der Waals surface area (Å²) < 4.78 is 0. The first-order chi connectivity index (χ1) is 5.11. The molecule has 0 fully saturated rings. The normalized spacial score (nSPS) is 9.82. The molecule has 0 atom stereocenters. The number of hydrogen-bond donors (Lipinski definition) is 2. The Morgan fingerprint density at radius 1 is 1.45 bits per heavy atom. The van der Waals surface area contributed by atoms with Crippen molar-refractivity contribution in [3.8, 4) is 0 Å². The van der Waals surface area contributed by atoms with Gasteiger partial charge in [0.15, 0.2) is 0 Å². The molecule has 0 aromatic carbocycles. The number of aromatic nitrogens is 1. The zero-order chi connectivity index (χ0) is 8.43. The van der Waals surface area contributed by atoms with Crippen LogP contribution in [0.2, 0.25) is 5.02 Å². The number of pyridine rings is 1. The third kappa shape index (κ3) is 1.93. The van der Waals surface area contributed by atoms with Gasteiger partial charge in [0, 0.05) is 5.69 Å². The number of rotatable bonds is 1. The van der Waals surface area contributed by atoms with Gasteiger partial charge in [-0.1, -0.05) is 11.6 Å². The van der Waals surface area contributed by atoms with Gasteiger partial charge in [-0.3, -0.25) is 4.98 Å². The van der Waals surface area contributed by atoms with Gasteiger partial charge in [-0.15, -0.1) is 0 Å². The summed E-state index contributed by atoms with van der Waals surface area (Å²) in [5.74, 6) is 0. The van der Waals surface area contributed by atoms with Gasteiger partial charge in [0.2, 0.25) is 0 Å². The van der Waals surface area contributed by atoms with Crippen molar-refractivity contribution in [2.75, 3.05) is 0 Å². The average Bonchev–Trinajstić information content (AvgIpc) is 1.94. The van der Waals surface area contributed by atoms with Crippen molar-refractivity contribution in [3.63, 3.8) is 0 Å². The van der Waals surface area contributed by atoms with E-state index in [0.29, 0.717) is 5.69 Å². The lowest BCUT2D eigenvalue weighted by Gasteiger charge is -2.01. The van der Waals surface area contributed by atoms with E-state index in [2.05, 4.69) is 4.98 Å². The molecule has 5 heteroatoms. The zero-order valence-electron chi connectivity index (χ0n) is 5.95. The molecule has 0 radical (unpaired) electrons. The predicted octanol–water partition coefficient (Wildman–Crippen LogP) is -0.277. The van der Waals surface area contributed by atoms with Gasteiger partial charge < -0.3 is 10.0 Å². The van der Waals surface area contributed by atoms with Crippen LogP contribution in [-0.4, -0.2) is 22.2 Å². The lowest BCUT2D eigenvalue weighted by molar-refractivity contribution is 0.424. The van der Waals surface area contributed by atoms with Crippen LogP contribution < -0.4 is 5.59 Å². The second-order valence-electron chi connectivity index (χ2n) is 2.19. The summed E-state index contributed by atoms with van der Waals surface area (Å²) in [4.78, 5) is 3.84. The quantitative estimate of drug-likeness (QED) is 0.572. The fourth-order valence-electron chi connectivity index (χ4n) is 0.741. The van der Waals surface area contributed by atoms with Crippen LogP contribution in [0.3, 0.4) is 0 Å². The summed E-state index contributed by atoms with van der Waals surface area (Å²) in [6.45, 7) is 1.75. The van der Waals surface area contributed by atoms with Crippen molar-refractivity contribution in [2.24, 2.45) is 0 Å². The second kappa shape index (κ2) is 3.22. The Balaban J connectivity index is 3.13. The minimum atomic E-state index is -1.60. The summed E-state index contributed by atoms with van der Waals surface area (Å²) in [5.41, 5.74) is 0.809. The summed E-state index contributed by atoms with van der Waals surface area (Å²) in [7, 11) is -1.60. The molecule has 0 amide bonds. The number of nitrogens with zero attached hydrogens (tertiary/aromatic N) is 1. The summed E-state index contributed by atoms with van der Waals surface area (Å²) >= 11 is 5.61. The highest BCUT2D eigenvalue weighted by Gasteiger charge is 2.16. The van der Waals surface area contributed by atoms with Crippen LogP contribution in [0.4, 0.5) is 0 Å². The van der Waals surface area contributed by atoms with Crippen molar-refractivity contribution < 1.29 is 10.0 Å². The highest BCUT2D eigenvalue weighted by molar-refractivity contribution is 6.61. The Morgan fingerprint density at radius 3 is 2.55 bits per heavy atom. The number of halogens is 1. The topological polar surface area (TPSA) is 53.4 Å². The number of aryl methyl sites for hydroxylation is 1. The first kappa shape index (κ1) is 8.52. The van der Waals surface area contributed by atoms with Crippen molar-refractivity contribution in [3.05, 3.63) is 22.8 Å². The molecule has 58 valence electrons. The molecule has 3 nitrogen and oxygen atoms in total. The molecule has 1 aromatic heterocycles. The van der Waals surface area contributed by atoms with Crippen LogP contribution in [0, 0.1) is 6.92 Å². The molecule has 1 heterocycles. The lowest BCUT2D eigenvalue weighted by atomic mass is 9.85. The molecule has 0 aliphatic rings. The monoisotopic (exact) mass is 171 g/mol. The van der Waals surface area contributed by atoms with Gasteiger partial charge in [0.1, 0.15) is 0 Å². The second-order valence-corrected chi connectivity index (χ2v) is 2.60. The Labute approximate surface area is 69.8 Å². The Kier molecular flexibility index (Phi) is 2.49. The van der Waals surface area contributed by atoms with Gasteiger partial charge in [0.25, 0.3) is 0 Å². The van der Waals surface area contributed by atoms with E-state index in [1.807, 2.05) is 0 Å². The van der Waals surface area contributed by atoms with E-state index in [-0.39, 0.29) is 10.6 Å². The Hall–Kier alpha value is -0.575. The lowest BCUT2D eigenvalue weighted by Crippen LogP contribution is -2.34. The minimum Gasteiger partial charge on any atom is -0.422 e. The largest absolute Gasteiger partial charge is 0.509 e. The van der Waals surface area contributed by atoms with Crippen LogP contribution in [-0.2, 0) is 0 Å². The van der Waals surface area contributed by atoms with E-state index in [9.17, 15) is 0 Å². The number of hydrogen-bond acceptors (Lipinski definition) is 3. The van der Waals surface area contributed by atoms with Crippen molar-refractivity contribution in [1.29, 1.82) is 0 Å². The molecule has 0 aliphatic heterocycles. The Bertz CT molecular complexity index is 267. The van der Waals surface area contributed by atoms with Gasteiger partial charge in [-0.05, 0) is 19.1 Å². The summed E-state index contributed by atoms with van der Waals surface area (Å²) in [6, 6.07) is 3.28. The molecule has 11 heavy (non-hydrogen) atoms. The molecule has 0 aliphatic carbocycles. The molecule has 1 aromatic rings. The molecule has 1 rings (SSSR count). The van der Waals surface area contributed by atoms with Gasteiger partial charge in [0.05, 0.1) is 10.6 Å². The van der Waals surface area contributed by atoms with E-state index in [4.69, 9.17) is 21.6 Å². The zero-order valence-corrected chi connectivity index (χ0v) is 6.71. The average molecular weight is 171 g/mol. The molecule has 0 unspecified atom stereocenters.